The van der Waals surface area contributed by atoms with E-state index in [1.54, 1.807) is 44.2 Å². The van der Waals surface area contributed by atoms with Crippen LogP contribution < -0.4 is 0 Å². The number of hydrogen-bond donors (Lipinski definition) is 2. The standard InChI is InChI=1S/C24H24F3NO5/c1-14(2)12-23(22(32)33)13-18(21(30)31)19(15-6-4-3-5-7-15)28(23)20(29)16-8-10-17(11-9-16)24(25,26)27/h3-11,14,18-19H,12-13H2,1-2H3,(H,30,31)(H,32,33)/t18-,19-,23-/m0/s1. The van der Waals surface area contributed by atoms with Crippen LogP contribution in [0.5, 0.6) is 0 Å². The predicted octanol–water partition coefficient (Wildman–Crippen LogP) is 4.86. The Hall–Kier alpha value is -3.36. The van der Waals surface area contributed by atoms with Gasteiger partial charge in [-0.3, -0.25) is 9.59 Å². The van der Waals surface area contributed by atoms with E-state index in [-0.39, 0.29) is 24.3 Å². The normalized spacial score (nSPS) is 23.0. The fraction of sp³-hybridized carbons (Fsp3) is 0.375. The number of nitrogens with zero attached hydrogens (tertiary/aromatic N) is 1. The van der Waals surface area contributed by atoms with Crippen LogP contribution in [0, 0.1) is 11.8 Å². The lowest BCUT2D eigenvalue weighted by molar-refractivity contribution is -0.150. The molecule has 0 saturated carbocycles. The summed E-state index contributed by atoms with van der Waals surface area (Å²) in [4.78, 5) is 39.5. The van der Waals surface area contributed by atoms with E-state index >= 15 is 0 Å². The number of aliphatic carboxylic acids is 2. The molecule has 0 spiro atoms. The predicted molar refractivity (Wildman–Crippen MR) is 112 cm³/mol. The quantitative estimate of drug-likeness (QED) is 0.638. The number of benzene rings is 2. The number of alkyl halides is 3. The van der Waals surface area contributed by atoms with Crippen LogP contribution in [0.15, 0.2) is 54.6 Å². The molecule has 0 unspecified atom stereocenters. The van der Waals surface area contributed by atoms with Gasteiger partial charge in [0, 0.05) is 5.56 Å². The molecule has 1 aliphatic heterocycles. The number of likely N-dealkylation sites (tertiary alicyclic amines) is 1. The minimum absolute atomic E-state index is 0.0121. The topological polar surface area (TPSA) is 94.9 Å². The highest BCUT2D eigenvalue weighted by Gasteiger charge is 2.60. The van der Waals surface area contributed by atoms with Gasteiger partial charge in [-0.15, -0.1) is 0 Å². The third-order valence-corrected chi connectivity index (χ3v) is 5.96. The van der Waals surface area contributed by atoms with Crippen molar-refractivity contribution < 1.29 is 37.8 Å². The van der Waals surface area contributed by atoms with Crippen molar-refractivity contribution in [2.75, 3.05) is 0 Å². The molecule has 0 bridgehead atoms. The van der Waals surface area contributed by atoms with Crippen LogP contribution in [0.4, 0.5) is 13.2 Å². The molecule has 2 aromatic rings. The average molecular weight is 463 g/mol. The second-order valence-electron chi connectivity index (χ2n) is 8.69. The fourth-order valence-corrected chi connectivity index (χ4v) is 4.67. The van der Waals surface area contributed by atoms with Crippen LogP contribution >= 0.6 is 0 Å². The first-order chi connectivity index (χ1) is 15.4. The summed E-state index contributed by atoms with van der Waals surface area (Å²) < 4.78 is 38.9. The Morgan fingerprint density at radius 1 is 1.03 bits per heavy atom. The minimum atomic E-state index is -4.60. The van der Waals surface area contributed by atoms with Gasteiger partial charge >= 0.3 is 18.1 Å². The summed E-state index contributed by atoms with van der Waals surface area (Å²) in [5, 5.41) is 20.2. The summed E-state index contributed by atoms with van der Waals surface area (Å²) in [6.07, 6.45) is -4.93. The van der Waals surface area contributed by atoms with Crippen LogP contribution in [0.3, 0.4) is 0 Å². The molecular formula is C24H24F3NO5. The fourth-order valence-electron chi connectivity index (χ4n) is 4.67. The van der Waals surface area contributed by atoms with Gasteiger partial charge in [0.2, 0.25) is 0 Å². The molecule has 1 heterocycles. The lowest BCUT2D eigenvalue weighted by Crippen LogP contribution is -2.54. The Balaban J connectivity index is 2.20. The molecular weight excluding hydrogens is 439 g/mol. The first kappa shape index (κ1) is 24.3. The van der Waals surface area contributed by atoms with Crippen molar-refractivity contribution in [3.05, 3.63) is 71.3 Å². The number of hydrogen-bond acceptors (Lipinski definition) is 3. The molecule has 2 aromatic carbocycles. The van der Waals surface area contributed by atoms with Crippen molar-refractivity contribution >= 4 is 17.8 Å². The molecule has 0 aliphatic carbocycles. The SMILES string of the molecule is CC(C)C[C@@]1(C(=O)O)C[C@H](C(=O)O)[C@H](c2ccccc2)N1C(=O)c1ccc(C(F)(F)F)cc1. The van der Waals surface area contributed by atoms with Crippen molar-refractivity contribution in [3.63, 3.8) is 0 Å². The van der Waals surface area contributed by atoms with Gasteiger partial charge in [-0.1, -0.05) is 44.2 Å². The number of rotatable bonds is 6. The third-order valence-electron chi connectivity index (χ3n) is 5.96. The van der Waals surface area contributed by atoms with E-state index in [1.807, 2.05) is 0 Å². The van der Waals surface area contributed by atoms with Crippen molar-refractivity contribution in [1.29, 1.82) is 0 Å². The zero-order valence-corrected chi connectivity index (χ0v) is 18.0. The number of carboxylic acids is 2. The molecule has 9 heteroatoms. The molecule has 6 nitrogen and oxygen atoms in total. The monoisotopic (exact) mass is 463 g/mol. The van der Waals surface area contributed by atoms with E-state index in [9.17, 15) is 37.8 Å². The molecule has 2 N–H and O–H groups in total. The van der Waals surface area contributed by atoms with Gasteiger partial charge in [0.15, 0.2) is 0 Å². The zero-order valence-electron chi connectivity index (χ0n) is 18.0. The highest BCUT2D eigenvalue weighted by atomic mass is 19.4. The Morgan fingerprint density at radius 2 is 1.61 bits per heavy atom. The third kappa shape index (κ3) is 4.58. The highest BCUT2D eigenvalue weighted by molar-refractivity contribution is 5.99. The maximum atomic E-state index is 13.6. The average Bonchev–Trinajstić information content (AvgIpc) is 3.09. The summed E-state index contributed by atoms with van der Waals surface area (Å²) in [6, 6.07) is 10.6. The van der Waals surface area contributed by atoms with Crippen LogP contribution in [0.25, 0.3) is 0 Å². The summed E-state index contributed by atoms with van der Waals surface area (Å²) in [5.74, 6) is -4.83. The van der Waals surface area contributed by atoms with Gasteiger partial charge in [0.05, 0.1) is 17.5 Å². The van der Waals surface area contributed by atoms with Gasteiger partial charge in [-0.2, -0.15) is 13.2 Å². The number of carbonyl (C=O) groups excluding carboxylic acids is 1. The molecule has 3 atom stereocenters. The highest BCUT2D eigenvalue weighted by Crippen LogP contribution is 2.50. The van der Waals surface area contributed by atoms with Gasteiger partial charge in [0.1, 0.15) is 5.54 Å². The zero-order chi connectivity index (χ0) is 24.6. The summed E-state index contributed by atoms with van der Waals surface area (Å²) in [6.45, 7) is 3.52. The Labute approximate surface area is 188 Å². The van der Waals surface area contributed by atoms with Crippen molar-refractivity contribution in [2.24, 2.45) is 11.8 Å². The molecule has 33 heavy (non-hydrogen) atoms. The molecule has 1 amide bonds. The van der Waals surface area contributed by atoms with Crippen LogP contribution in [-0.2, 0) is 15.8 Å². The smallest absolute Gasteiger partial charge is 0.416 e. The van der Waals surface area contributed by atoms with Gasteiger partial charge in [-0.25, -0.2) is 4.79 Å². The van der Waals surface area contributed by atoms with Crippen LogP contribution in [-0.4, -0.2) is 38.5 Å². The lowest BCUT2D eigenvalue weighted by Gasteiger charge is -2.39. The van der Waals surface area contributed by atoms with E-state index in [0.29, 0.717) is 5.56 Å². The summed E-state index contributed by atoms with van der Waals surface area (Å²) >= 11 is 0. The van der Waals surface area contributed by atoms with E-state index in [0.717, 1.165) is 29.2 Å². The summed E-state index contributed by atoms with van der Waals surface area (Å²) in [7, 11) is 0. The van der Waals surface area contributed by atoms with Crippen LogP contribution in [0.2, 0.25) is 0 Å². The maximum Gasteiger partial charge on any atom is 0.416 e. The van der Waals surface area contributed by atoms with E-state index in [1.165, 1.54) is 0 Å². The molecule has 176 valence electrons. The van der Waals surface area contributed by atoms with E-state index in [2.05, 4.69) is 0 Å². The second kappa shape index (κ2) is 8.88. The molecule has 1 aliphatic rings. The van der Waals surface area contributed by atoms with Crippen LogP contribution in [0.1, 0.15) is 54.2 Å². The van der Waals surface area contributed by atoms with E-state index in [4.69, 9.17) is 0 Å². The first-order valence-corrected chi connectivity index (χ1v) is 10.4. The maximum absolute atomic E-state index is 13.6. The molecule has 0 aromatic heterocycles. The van der Waals surface area contributed by atoms with Crippen molar-refractivity contribution in [3.8, 4) is 0 Å². The van der Waals surface area contributed by atoms with Gasteiger partial charge in [-0.05, 0) is 48.6 Å². The molecule has 0 radical (unpaired) electrons. The molecule has 1 fully saturated rings. The number of carboxylic acid groups (broad SMARTS) is 2. The minimum Gasteiger partial charge on any atom is -0.481 e. The largest absolute Gasteiger partial charge is 0.481 e. The first-order valence-electron chi connectivity index (χ1n) is 10.4. The molecule has 3 rings (SSSR count). The number of amides is 1. The Bertz CT molecular complexity index is 1040. The van der Waals surface area contributed by atoms with E-state index < -0.39 is 47.1 Å². The van der Waals surface area contributed by atoms with Gasteiger partial charge < -0.3 is 15.1 Å². The van der Waals surface area contributed by atoms with Crippen molar-refractivity contribution in [2.45, 2.75) is 44.4 Å². The Morgan fingerprint density at radius 3 is 2.06 bits per heavy atom. The summed E-state index contributed by atoms with van der Waals surface area (Å²) in [5.41, 5.74) is -2.49. The second-order valence-corrected chi connectivity index (χ2v) is 8.69. The lowest BCUT2D eigenvalue weighted by atomic mass is 9.83. The molecule has 1 saturated heterocycles. The van der Waals surface area contributed by atoms with Gasteiger partial charge in [0.25, 0.3) is 5.91 Å². The van der Waals surface area contributed by atoms with Crippen molar-refractivity contribution in [1.82, 2.24) is 4.90 Å². The Kier molecular flexibility index (Phi) is 6.53. The number of carbonyl (C=O) groups is 3. The number of halogens is 3.